The first-order chi connectivity index (χ1) is 9.42. The van der Waals surface area contributed by atoms with Gasteiger partial charge in [0.2, 0.25) is 5.91 Å². The molecule has 0 aromatic rings. The lowest BCUT2D eigenvalue weighted by atomic mass is 10.0. The van der Waals surface area contributed by atoms with Crippen LogP contribution in [-0.2, 0) is 4.79 Å². The van der Waals surface area contributed by atoms with Crippen molar-refractivity contribution in [2.45, 2.75) is 72.6 Å². The lowest BCUT2D eigenvalue weighted by Crippen LogP contribution is -2.42. The van der Waals surface area contributed by atoms with E-state index in [1.165, 1.54) is 0 Å². The Labute approximate surface area is 124 Å². The largest absolute Gasteiger partial charge is 0.323 e. The fourth-order valence-electron chi connectivity index (χ4n) is 3.13. The molecule has 1 aliphatic rings. The summed E-state index contributed by atoms with van der Waals surface area (Å²) in [5.41, 5.74) is 0. The molecule has 20 heavy (non-hydrogen) atoms. The van der Waals surface area contributed by atoms with Gasteiger partial charge in [-0.2, -0.15) is 0 Å². The Bertz CT molecular complexity index is 302. The quantitative estimate of drug-likeness (QED) is 0.742. The van der Waals surface area contributed by atoms with Crippen molar-refractivity contribution in [3.05, 3.63) is 0 Å². The molecule has 1 N–H and O–H groups in total. The minimum absolute atomic E-state index is 0.00441. The lowest BCUT2D eigenvalue weighted by molar-refractivity contribution is -0.132. The van der Waals surface area contributed by atoms with Gasteiger partial charge in [0.1, 0.15) is 0 Å². The minimum atomic E-state index is -0.00441. The van der Waals surface area contributed by atoms with E-state index < -0.39 is 0 Å². The maximum atomic E-state index is 12.5. The van der Waals surface area contributed by atoms with E-state index in [1.54, 1.807) is 0 Å². The molecule has 3 atom stereocenters. The van der Waals surface area contributed by atoms with Crippen LogP contribution in [0.2, 0.25) is 0 Å². The summed E-state index contributed by atoms with van der Waals surface area (Å²) in [7, 11) is 0. The molecule has 1 amide bonds. The summed E-state index contributed by atoms with van der Waals surface area (Å²) in [6.45, 7) is 16.3. The summed E-state index contributed by atoms with van der Waals surface area (Å²) in [5.74, 6) is 0.640. The van der Waals surface area contributed by atoms with Gasteiger partial charge < -0.3 is 9.80 Å². The van der Waals surface area contributed by atoms with Crippen molar-refractivity contribution in [1.82, 2.24) is 15.1 Å². The topological polar surface area (TPSA) is 35.6 Å². The molecular formula is C16H33N3O. The third kappa shape index (κ3) is 4.19. The van der Waals surface area contributed by atoms with Crippen LogP contribution in [0.15, 0.2) is 0 Å². The van der Waals surface area contributed by atoms with Crippen LogP contribution >= 0.6 is 0 Å². The zero-order valence-electron chi connectivity index (χ0n) is 14.1. The first-order valence-electron chi connectivity index (χ1n) is 8.22. The number of nitrogens with zero attached hydrogens (tertiary/aromatic N) is 2. The highest BCUT2D eigenvalue weighted by molar-refractivity contribution is 5.84. The Morgan fingerprint density at radius 1 is 1.25 bits per heavy atom. The summed E-state index contributed by atoms with van der Waals surface area (Å²) < 4.78 is 0. The van der Waals surface area contributed by atoms with E-state index in [2.05, 4.69) is 51.8 Å². The van der Waals surface area contributed by atoms with E-state index in [-0.39, 0.29) is 18.1 Å². The van der Waals surface area contributed by atoms with Gasteiger partial charge in [-0.05, 0) is 52.2 Å². The highest BCUT2D eigenvalue weighted by Gasteiger charge is 2.39. The summed E-state index contributed by atoms with van der Waals surface area (Å²) in [6.07, 6.45) is 2.41. The first kappa shape index (κ1) is 17.4. The molecule has 1 fully saturated rings. The lowest BCUT2D eigenvalue weighted by Gasteiger charge is -2.29. The van der Waals surface area contributed by atoms with Gasteiger partial charge in [0.15, 0.2) is 0 Å². The molecular weight excluding hydrogens is 250 g/mol. The smallest absolute Gasteiger partial charge is 0.241 e. The second-order valence-electron chi connectivity index (χ2n) is 6.33. The Balaban J connectivity index is 2.47. The maximum absolute atomic E-state index is 12.5. The van der Waals surface area contributed by atoms with E-state index in [4.69, 9.17) is 0 Å². The Morgan fingerprint density at radius 3 is 2.30 bits per heavy atom. The minimum Gasteiger partial charge on any atom is -0.323 e. The van der Waals surface area contributed by atoms with Crippen LogP contribution in [0.4, 0.5) is 0 Å². The predicted octanol–water partition coefficient (Wildman–Crippen LogP) is 2.30. The molecule has 118 valence electrons. The first-order valence-corrected chi connectivity index (χ1v) is 8.22. The SMILES string of the molecule is CCN(CC)CCCC(C)N1C(=O)C(C(C)C)NC1C. The van der Waals surface area contributed by atoms with E-state index in [1.807, 2.05) is 4.90 Å². The van der Waals surface area contributed by atoms with E-state index in [9.17, 15) is 4.79 Å². The Hall–Kier alpha value is -0.610. The van der Waals surface area contributed by atoms with Gasteiger partial charge in [0.25, 0.3) is 0 Å². The van der Waals surface area contributed by atoms with E-state index in [0.717, 1.165) is 32.5 Å². The van der Waals surface area contributed by atoms with Gasteiger partial charge in [0.05, 0.1) is 12.2 Å². The maximum Gasteiger partial charge on any atom is 0.241 e. The highest BCUT2D eigenvalue weighted by Crippen LogP contribution is 2.21. The molecule has 1 aliphatic heterocycles. The number of nitrogens with one attached hydrogen (secondary N) is 1. The third-order valence-electron chi connectivity index (χ3n) is 4.49. The van der Waals surface area contributed by atoms with Gasteiger partial charge in [-0.1, -0.05) is 27.7 Å². The number of carbonyl (C=O) groups excluding carboxylic acids is 1. The van der Waals surface area contributed by atoms with E-state index in [0.29, 0.717) is 12.0 Å². The van der Waals surface area contributed by atoms with Gasteiger partial charge in [0, 0.05) is 6.04 Å². The zero-order valence-corrected chi connectivity index (χ0v) is 14.1. The van der Waals surface area contributed by atoms with Crippen LogP contribution in [0.5, 0.6) is 0 Å². The molecule has 0 spiro atoms. The molecule has 4 nitrogen and oxygen atoms in total. The van der Waals surface area contributed by atoms with Crippen molar-refractivity contribution in [3.8, 4) is 0 Å². The normalized spacial score (nSPS) is 25.0. The molecule has 1 heterocycles. The monoisotopic (exact) mass is 283 g/mol. The standard InChI is InChI=1S/C16H33N3O/c1-7-18(8-2)11-9-10-13(5)19-14(6)17-15(12(3)4)16(19)20/h12-15,17H,7-11H2,1-6H3. The van der Waals surface area contributed by atoms with Crippen molar-refractivity contribution >= 4 is 5.91 Å². The molecule has 4 heteroatoms. The summed E-state index contributed by atoms with van der Waals surface area (Å²) >= 11 is 0. The molecule has 0 saturated carbocycles. The molecule has 0 aromatic heterocycles. The number of hydrogen-bond donors (Lipinski definition) is 1. The van der Waals surface area contributed by atoms with E-state index >= 15 is 0 Å². The summed E-state index contributed by atoms with van der Waals surface area (Å²) in [6, 6.07) is 0.319. The van der Waals surface area contributed by atoms with Gasteiger partial charge in [-0.15, -0.1) is 0 Å². The number of amides is 1. The molecule has 3 unspecified atom stereocenters. The van der Waals surface area contributed by atoms with Gasteiger partial charge in [-0.3, -0.25) is 10.1 Å². The fraction of sp³-hybridized carbons (Fsp3) is 0.938. The highest BCUT2D eigenvalue weighted by atomic mass is 16.2. The van der Waals surface area contributed by atoms with Crippen LogP contribution in [-0.4, -0.2) is 53.6 Å². The van der Waals surface area contributed by atoms with Crippen molar-refractivity contribution in [2.75, 3.05) is 19.6 Å². The van der Waals surface area contributed by atoms with Crippen LogP contribution < -0.4 is 5.32 Å². The summed E-state index contributed by atoms with van der Waals surface area (Å²) in [5, 5.41) is 3.42. The number of carbonyl (C=O) groups is 1. The van der Waals surface area contributed by atoms with Crippen LogP contribution in [0.1, 0.15) is 54.4 Å². The fourth-order valence-corrected chi connectivity index (χ4v) is 3.13. The molecule has 0 aromatic carbocycles. The molecule has 0 aliphatic carbocycles. The van der Waals surface area contributed by atoms with Crippen molar-refractivity contribution in [2.24, 2.45) is 5.92 Å². The summed E-state index contributed by atoms with van der Waals surface area (Å²) in [4.78, 5) is 17.0. The van der Waals surface area contributed by atoms with Crippen molar-refractivity contribution in [3.63, 3.8) is 0 Å². The second kappa shape index (κ2) is 7.99. The average molecular weight is 283 g/mol. The number of rotatable bonds is 8. The molecule has 1 saturated heterocycles. The third-order valence-corrected chi connectivity index (χ3v) is 4.49. The second-order valence-corrected chi connectivity index (χ2v) is 6.33. The Kier molecular flexibility index (Phi) is 6.96. The Morgan fingerprint density at radius 2 is 1.85 bits per heavy atom. The van der Waals surface area contributed by atoms with Crippen molar-refractivity contribution in [1.29, 1.82) is 0 Å². The van der Waals surface area contributed by atoms with Crippen molar-refractivity contribution < 1.29 is 4.79 Å². The van der Waals surface area contributed by atoms with Gasteiger partial charge in [-0.25, -0.2) is 0 Å². The predicted molar refractivity (Wildman–Crippen MR) is 84.6 cm³/mol. The van der Waals surface area contributed by atoms with Crippen LogP contribution in [0.3, 0.4) is 0 Å². The van der Waals surface area contributed by atoms with Gasteiger partial charge >= 0.3 is 0 Å². The van der Waals surface area contributed by atoms with Crippen LogP contribution in [0.25, 0.3) is 0 Å². The molecule has 1 rings (SSSR count). The molecule has 0 radical (unpaired) electrons. The molecule has 0 bridgehead atoms. The number of hydrogen-bond acceptors (Lipinski definition) is 3. The van der Waals surface area contributed by atoms with Crippen LogP contribution in [0, 0.1) is 5.92 Å². The average Bonchev–Trinajstić information content (AvgIpc) is 2.70. The zero-order chi connectivity index (χ0) is 15.3.